The van der Waals surface area contributed by atoms with Crippen LogP contribution in [0.25, 0.3) is 0 Å². The summed E-state index contributed by atoms with van der Waals surface area (Å²) in [6.07, 6.45) is 2.47. The Balaban J connectivity index is 1.95. The Morgan fingerprint density at radius 1 is 1.12 bits per heavy atom. The highest BCUT2D eigenvalue weighted by atomic mass is 32.2. The van der Waals surface area contributed by atoms with Crippen LogP contribution >= 0.6 is 0 Å². The number of rotatable bonds is 8. The zero-order chi connectivity index (χ0) is 17.6. The molecule has 24 heavy (non-hydrogen) atoms. The molecular weight excluding hydrogens is 328 g/mol. The molecule has 7 heteroatoms. The third kappa shape index (κ3) is 5.19. The van der Waals surface area contributed by atoms with Crippen LogP contribution in [0.15, 0.2) is 52.2 Å². The quantitative estimate of drug-likeness (QED) is 0.782. The lowest BCUT2D eigenvalue weighted by molar-refractivity contribution is 0.572. The van der Waals surface area contributed by atoms with E-state index in [1.54, 1.807) is 0 Å². The molecule has 1 aromatic carbocycles. The predicted octanol–water partition coefficient (Wildman–Crippen LogP) is 1.54. The molecule has 130 valence electrons. The molecule has 0 aliphatic heterocycles. The van der Waals surface area contributed by atoms with Crippen molar-refractivity contribution >= 4 is 9.84 Å². The van der Waals surface area contributed by atoms with Crippen molar-refractivity contribution in [1.82, 2.24) is 9.55 Å². The highest BCUT2D eigenvalue weighted by Crippen LogP contribution is 2.21. The van der Waals surface area contributed by atoms with E-state index in [1.165, 1.54) is 16.8 Å². The van der Waals surface area contributed by atoms with Crippen LogP contribution < -0.4 is 11.2 Å². The molecule has 1 atom stereocenters. The number of nitrogens with one attached hydrogen (secondary N) is 1. The molecule has 2 rings (SSSR count). The molecule has 0 radical (unpaired) electrons. The topological polar surface area (TPSA) is 89.0 Å². The van der Waals surface area contributed by atoms with Crippen LogP contribution in [0, 0.1) is 0 Å². The van der Waals surface area contributed by atoms with Gasteiger partial charge in [-0.3, -0.25) is 9.78 Å². The number of aryl methyl sites for hydroxylation is 1. The highest BCUT2D eigenvalue weighted by molar-refractivity contribution is 7.91. The van der Waals surface area contributed by atoms with Gasteiger partial charge in [-0.1, -0.05) is 37.3 Å². The monoisotopic (exact) mass is 350 g/mol. The molecular formula is C17H22N2O4S. The Kier molecular flexibility index (Phi) is 6.14. The number of aromatic nitrogens is 2. The lowest BCUT2D eigenvalue weighted by Crippen LogP contribution is -2.29. The van der Waals surface area contributed by atoms with Crippen LogP contribution in [-0.4, -0.2) is 29.5 Å². The maximum atomic E-state index is 12.4. The van der Waals surface area contributed by atoms with Crippen molar-refractivity contribution in [1.29, 1.82) is 0 Å². The molecule has 6 nitrogen and oxygen atoms in total. The fourth-order valence-corrected chi connectivity index (χ4v) is 4.42. The van der Waals surface area contributed by atoms with Crippen molar-refractivity contribution < 1.29 is 8.42 Å². The fourth-order valence-electron chi connectivity index (χ4n) is 2.64. The second-order valence-electron chi connectivity index (χ2n) is 5.79. The third-order valence-corrected chi connectivity index (χ3v) is 5.79. The fraction of sp³-hybridized carbons (Fsp3) is 0.412. The average molecular weight is 350 g/mol. The van der Waals surface area contributed by atoms with Crippen molar-refractivity contribution in [3.05, 3.63) is 69.0 Å². The minimum atomic E-state index is -3.22. The lowest BCUT2D eigenvalue weighted by Gasteiger charge is -2.15. The molecule has 1 aromatic heterocycles. The van der Waals surface area contributed by atoms with Gasteiger partial charge >= 0.3 is 5.69 Å². The third-order valence-electron chi connectivity index (χ3n) is 3.97. The Labute approximate surface area is 141 Å². The standard InChI is InChI=1S/C17H22N2O4S/c1-2-14(15-7-4-3-5-8-15)13-24(22,23)12-6-10-19-11-9-16(20)18-17(19)21/h3-5,7-9,11,14H,2,6,10,12-13H2,1H3,(H,18,20,21)/t14-/m0/s1. The van der Waals surface area contributed by atoms with E-state index in [9.17, 15) is 18.0 Å². The second-order valence-corrected chi connectivity index (χ2v) is 8.02. The maximum absolute atomic E-state index is 12.4. The Morgan fingerprint density at radius 2 is 1.83 bits per heavy atom. The molecule has 0 unspecified atom stereocenters. The smallest absolute Gasteiger partial charge is 0.301 e. The minimum absolute atomic E-state index is 0.0158. The number of aromatic amines is 1. The molecule has 0 amide bonds. The number of hydrogen-bond donors (Lipinski definition) is 1. The van der Waals surface area contributed by atoms with E-state index in [-0.39, 0.29) is 24.0 Å². The summed E-state index contributed by atoms with van der Waals surface area (Å²) >= 11 is 0. The van der Waals surface area contributed by atoms with Crippen molar-refractivity contribution in [2.24, 2.45) is 0 Å². The van der Waals surface area contributed by atoms with E-state index in [1.807, 2.05) is 37.3 Å². The van der Waals surface area contributed by atoms with Crippen LogP contribution in [0.4, 0.5) is 0 Å². The van der Waals surface area contributed by atoms with Gasteiger partial charge in [-0.25, -0.2) is 13.2 Å². The Morgan fingerprint density at radius 3 is 2.46 bits per heavy atom. The number of hydrogen-bond acceptors (Lipinski definition) is 4. The van der Waals surface area contributed by atoms with E-state index in [2.05, 4.69) is 4.98 Å². The molecule has 2 aromatic rings. The minimum Gasteiger partial charge on any atom is -0.301 e. The normalized spacial score (nSPS) is 12.9. The first-order valence-corrected chi connectivity index (χ1v) is 9.78. The van der Waals surface area contributed by atoms with Gasteiger partial charge in [0.05, 0.1) is 11.5 Å². The number of benzene rings is 1. The Bertz CT molecular complexity index is 869. The summed E-state index contributed by atoms with van der Waals surface area (Å²) in [5.41, 5.74) is 0.0496. The summed E-state index contributed by atoms with van der Waals surface area (Å²) in [6.45, 7) is 2.24. The largest absolute Gasteiger partial charge is 0.328 e. The van der Waals surface area contributed by atoms with Crippen LogP contribution in [0.5, 0.6) is 0 Å². The first-order chi connectivity index (χ1) is 11.4. The van der Waals surface area contributed by atoms with Crippen LogP contribution in [0.1, 0.15) is 31.2 Å². The molecule has 0 fully saturated rings. The van der Waals surface area contributed by atoms with Gasteiger partial charge in [-0.15, -0.1) is 0 Å². The summed E-state index contributed by atoms with van der Waals surface area (Å²) in [4.78, 5) is 24.7. The van der Waals surface area contributed by atoms with Crippen molar-refractivity contribution in [3.63, 3.8) is 0 Å². The van der Waals surface area contributed by atoms with Crippen molar-refractivity contribution in [3.8, 4) is 0 Å². The Hall–Kier alpha value is -2.15. The van der Waals surface area contributed by atoms with E-state index in [0.29, 0.717) is 6.42 Å². The summed E-state index contributed by atoms with van der Waals surface area (Å²) < 4.78 is 26.0. The van der Waals surface area contributed by atoms with E-state index < -0.39 is 21.1 Å². The number of nitrogens with zero attached hydrogens (tertiary/aromatic N) is 1. The van der Waals surface area contributed by atoms with Gasteiger partial charge < -0.3 is 4.57 Å². The summed E-state index contributed by atoms with van der Waals surface area (Å²) in [5, 5.41) is 0. The number of H-pyrrole nitrogens is 1. The van der Waals surface area contributed by atoms with Gasteiger partial charge in [0.15, 0.2) is 9.84 Å². The van der Waals surface area contributed by atoms with Crippen LogP contribution in [-0.2, 0) is 16.4 Å². The molecule has 0 saturated carbocycles. The maximum Gasteiger partial charge on any atom is 0.328 e. The van der Waals surface area contributed by atoms with Gasteiger partial charge in [-0.05, 0) is 24.3 Å². The lowest BCUT2D eigenvalue weighted by atomic mass is 9.99. The molecule has 0 bridgehead atoms. The number of sulfone groups is 1. The molecule has 0 aliphatic rings. The van der Waals surface area contributed by atoms with Gasteiger partial charge in [0.25, 0.3) is 5.56 Å². The van der Waals surface area contributed by atoms with Gasteiger partial charge in [0, 0.05) is 18.8 Å². The predicted molar refractivity (Wildman–Crippen MR) is 94.1 cm³/mol. The van der Waals surface area contributed by atoms with E-state index in [4.69, 9.17) is 0 Å². The molecule has 0 aliphatic carbocycles. The zero-order valence-electron chi connectivity index (χ0n) is 13.6. The van der Waals surface area contributed by atoms with Gasteiger partial charge in [0.2, 0.25) is 0 Å². The molecule has 0 spiro atoms. The zero-order valence-corrected chi connectivity index (χ0v) is 14.5. The van der Waals surface area contributed by atoms with Crippen LogP contribution in [0.3, 0.4) is 0 Å². The van der Waals surface area contributed by atoms with E-state index in [0.717, 1.165) is 12.0 Å². The first kappa shape index (κ1) is 18.2. The molecule has 0 saturated heterocycles. The van der Waals surface area contributed by atoms with Crippen LogP contribution in [0.2, 0.25) is 0 Å². The summed E-state index contributed by atoms with van der Waals surface area (Å²) in [5.74, 6) is 0.0997. The van der Waals surface area contributed by atoms with Crippen molar-refractivity contribution in [2.75, 3.05) is 11.5 Å². The highest BCUT2D eigenvalue weighted by Gasteiger charge is 2.19. The summed E-state index contributed by atoms with van der Waals surface area (Å²) in [7, 11) is -3.22. The average Bonchev–Trinajstić information content (AvgIpc) is 2.55. The SMILES string of the molecule is CC[C@@H](CS(=O)(=O)CCCn1ccc(=O)[nH]c1=O)c1ccccc1. The van der Waals surface area contributed by atoms with Crippen molar-refractivity contribution in [2.45, 2.75) is 32.2 Å². The van der Waals surface area contributed by atoms with E-state index >= 15 is 0 Å². The summed E-state index contributed by atoms with van der Waals surface area (Å²) in [6, 6.07) is 10.9. The van der Waals surface area contributed by atoms with Gasteiger partial charge in [-0.2, -0.15) is 0 Å². The molecule has 1 N–H and O–H groups in total. The van der Waals surface area contributed by atoms with Gasteiger partial charge in [0.1, 0.15) is 0 Å². The first-order valence-electron chi connectivity index (χ1n) is 7.96. The second kappa shape index (κ2) is 8.10. The molecule has 1 heterocycles.